The van der Waals surface area contributed by atoms with Crippen LogP contribution >= 0.6 is 0 Å². The summed E-state index contributed by atoms with van der Waals surface area (Å²) in [6.07, 6.45) is 3.82. The number of amides is 2. The van der Waals surface area contributed by atoms with Gasteiger partial charge in [0.25, 0.3) is 0 Å². The van der Waals surface area contributed by atoms with Gasteiger partial charge in [-0.2, -0.15) is 5.10 Å². The standard InChI is InChI=1S/C12H22N4O2/c1-4-5-6-16-10(3)11(7-13-16)15-12(18)14-9(2)8-17/h7,9,17H,4-6,8H2,1-3H3,(H2,14,15,18)/t9-/m0/s1. The van der Waals surface area contributed by atoms with Crippen LogP contribution in [0.25, 0.3) is 0 Å². The van der Waals surface area contributed by atoms with E-state index in [1.165, 1.54) is 0 Å². The van der Waals surface area contributed by atoms with E-state index in [2.05, 4.69) is 22.7 Å². The molecule has 1 atom stereocenters. The van der Waals surface area contributed by atoms with E-state index in [4.69, 9.17) is 5.11 Å². The average molecular weight is 254 g/mol. The van der Waals surface area contributed by atoms with Crippen molar-refractivity contribution < 1.29 is 9.90 Å². The molecular weight excluding hydrogens is 232 g/mol. The number of carbonyl (C=O) groups excluding carboxylic acids is 1. The number of carbonyl (C=O) groups is 1. The molecule has 6 nitrogen and oxygen atoms in total. The van der Waals surface area contributed by atoms with Crippen LogP contribution in [0.3, 0.4) is 0 Å². The van der Waals surface area contributed by atoms with E-state index in [0.29, 0.717) is 5.69 Å². The number of aromatic nitrogens is 2. The van der Waals surface area contributed by atoms with Crippen molar-refractivity contribution in [2.75, 3.05) is 11.9 Å². The molecule has 2 amide bonds. The number of rotatable bonds is 6. The zero-order chi connectivity index (χ0) is 13.5. The highest BCUT2D eigenvalue weighted by Gasteiger charge is 2.10. The van der Waals surface area contributed by atoms with E-state index in [1.807, 2.05) is 11.6 Å². The van der Waals surface area contributed by atoms with Gasteiger partial charge in [-0.05, 0) is 20.3 Å². The maximum atomic E-state index is 11.6. The van der Waals surface area contributed by atoms with Crippen molar-refractivity contribution in [3.05, 3.63) is 11.9 Å². The van der Waals surface area contributed by atoms with Gasteiger partial charge < -0.3 is 15.7 Å². The Kier molecular flexibility index (Phi) is 5.64. The predicted molar refractivity (Wildman–Crippen MR) is 70.6 cm³/mol. The Morgan fingerprint density at radius 3 is 2.94 bits per heavy atom. The highest BCUT2D eigenvalue weighted by molar-refractivity contribution is 5.89. The third-order valence-corrected chi connectivity index (χ3v) is 2.73. The number of nitrogens with one attached hydrogen (secondary N) is 2. The van der Waals surface area contributed by atoms with Crippen LogP contribution in [0.5, 0.6) is 0 Å². The van der Waals surface area contributed by atoms with Crippen LogP contribution in [0.1, 0.15) is 32.4 Å². The summed E-state index contributed by atoms with van der Waals surface area (Å²) >= 11 is 0. The van der Waals surface area contributed by atoms with Crippen LogP contribution in [0, 0.1) is 6.92 Å². The molecule has 6 heteroatoms. The SMILES string of the molecule is CCCCn1ncc(NC(=O)N[C@@H](C)CO)c1C. The fourth-order valence-corrected chi connectivity index (χ4v) is 1.53. The lowest BCUT2D eigenvalue weighted by atomic mass is 10.3. The molecule has 1 aromatic rings. The van der Waals surface area contributed by atoms with Gasteiger partial charge >= 0.3 is 6.03 Å². The molecular formula is C12H22N4O2. The van der Waals surface area contributed by atoms with Gasteiger partial charge in [0, 0.05) is 6.54 Å². The van der Waals surface area contributed by atoms with Crippen molar-refractivity contribution in [2.24, 2.45) is 0 Å². The van der Waals surface area contributed by atoms with E-state index in [-0.39, 0.29) is 18.7 Å². The van der Waals surface area contributed by atoms with Crippen molar-refractivity contribution in [1.29, 1.82) is 0 Å². The molecule has 0 aliphatic carbocycles. The fourth-order valence-electron chi connectivity index (χ4n) is 1.53. The van der Waals surface area contributed by atoms with Gasteiger partial charge in [0.05, 0.1) is 30.2 Å². The smallest absolute Gasteiger partial charge is 0.319 e. The third-order valence-electron chi connectivity index (χ3n) is 2.73. The van der Waals surface area contributed by atoms with Crippen LogP contribution in [0.15, 0.2) is 6.20 Å². The normalized spacial score (nSPS) is 12.2. The molecule has 0 aliphatic heterocycles. The highest BCUT2D eigenvalue weighted by Crippen LogP contribution is 2.14. The van der Waals surface area contributed by atoms with E-state index < -0.39 is 0 Å². The van der Waals surface area contributed by atoms with Gasteiger partial charge in [0.2, 0.25) is 0 Å². The zero-order valence-corrected chi connectivity index (χ0v) is 11.2. The molecule has 102 valence electrons. The van der Waals surface area contributed by atoms with Gasteiger partial charge in [-0.25, -0.2) is 4.79 Å². The lowest BCUT2D eigenvalue weighted by Crippen LogP contribution is -2.38. The quantitative estimate of drug-likeness (QED) is 0.719. The summed E-state index contributed by atoms with van der Waals surface area (Å²) in [4.78, 5) is 11.6. The van der Waals surface area contributed by atoms with Gasteiger partial charge in [0.1, 0.15) is 0 Å². The highest BCUT2D eigenvalue weighted by atomic mass is 16.3. The summed E-state index contributed by atoms with van der Waals surface area (Å²) in [5.74, 6) is 0. The first-order valence-electron chi connectivity index (χ1n) is 6.29. The second-order valence-electron chi connectivity index (χ2n) is 4.40. The number of aryl methyl sites for hydroxylation is 1. The number of hydrogen-bond acceptors (Lipinski definition) is 3. The van der Waals surface area contributed by atoms with Crippen molar-refractivity contribution in [1.82, 2.24) is 15.1 Å². The minimum absolute atomic E-state index is 0.0812. The first-order chi connectivity index (χ1) is 8.58. The molecule has 0 saturated carbocycles. The molecule has 0 saturated heterocycles. The molecule has 0 unspecified atom stereocenters. The molecule has 18 heavy (non-hydrogen) atoms. The summed E-state index contributed by atoms with van der Waals surface area (Å²) in [6, 6.07) is -0.588. The Labute approximate surface area is 107 Å². The maximum absolute atomic E-state index is 11.6. The zero-order valence-electron chi connectivity index (χ0n) is 11.2. The number of aliphatic hydroxyl groups excluding tert-OH is 1. The molecule has 1 aromatic heterocycles. The summed E-state index contributed by atoms with van der Waals surface area (Å²) in [6.45, 7) is 6.56. The van der Waals surface area contributed by atoms with E-state index in [1.54, 1.807) is 13.1 Å². The topological polar surface area (TPSA) is 79.2 Å². The molecule has 0 bridgehead atoms. The van der Waals surface area contributed by atoms with E-state index in [9.17, 15) is 4.79 Å². The Balaban J connectivity index is 2.57. The lowest BCUT2D eigenvalue weighted by molar-refractivity contribution is 0.229. The molecule has 0 radical (unpaired) electrons. The second-order valence-corrected chi connectivity index (χ2v) is 4.40. The minimum Gasteiger partial charge on any atom is -0.394 e. The Morgan fingerprint density at radius 1 is 1.61 bits per heavy atom. The summed E-state index contributed by atoms with van der Waals surface area (Å²) in [5, 5.41) is 18.4. The van der Waals surface area contributed by atoms with Crippen molar-refractivity contribution >= 4 is 11.7 Å². The molecule has 1 heterocycles. The predicted octanol–water partition coefficient (Wildman–Crippen LogP) is 1.49. The monoisotopic (exact) mass is 254 g/mol. The summed E-state index contributed by atoms with van der Waals surface area (Å²) in [5.41, 5.74) is 1.64. The van der Waals surface area contributed by atoms with Crippen molar-refractivity contribution in [3.8, 4) is 0 Å². The van der Waals surface area contributed by atoms with Crippen LogP contribution in [0.2, 0.25) is 0 Å². The minimum atomic E-state index is -0.324. The molecule has 0 aromatic carbocycles. The molecule has 0 spiro atoms. The average Bonchev–Trinajstić information content (AvgIpc) is 2.68. The largest absolute Gasteiger partial charge is 0.394 e. The number of urea groups is 1. The van der Waals surface area contributed by atoms with Crippen LogP contribution in [-0.2, 0) is 6.54 Å². The summed E-state index contributed by atoms with van der Waals surface area (Å²) in [7, 11) is 0. The first kappa shape index (κ1) is 14.5. The number of anilines is 1. The third kappa shape index (κ3) is 4.03. The Bertz CT molecular complexity index is 389. The summed E-state index contributed by atoms with van der Waals surface area (Å²) < 4.78 is 1.88. The number of unbranched alkanes of at least 4 members (excludes halogenated alkanes) is 1. The molecule has 1 rings (SSSR count). The van der Waals surface area contributed by atoms with Crippen molar-refractivity contribution in [2.45, 2.75) is 46.2 Å². The van der Waals surface area contributed by atoms with Crippen molar-refractivity contribution in [3.63, 3.8) is 0 Å². The van der Waals surface area contributed by atoms with E-state index in [0.717, 1.165) is 25.1 Å². The van der Waals surface area contributed by atoms with Gasteiger partial charge in [-0.3, -0.25) is 4.68 Å². The Morgan fingerprint density at radius 2 is 2.33 bits per heavy atom. The molecule has 0 fully saturated rings. The molecule has 0 aliphatic rings. The van der Waals surface area contributed by atoms with Gasteiger partial charge in [-0.1, -0.05) is 13.3 Å². The van der Waals surface area contributed by atoms with Crippen LogP contribution in [-0.4, -0.2) is 33.6 Å². The number of nitrogens with zero attached hydrogens (tertiary/aromatic N) is 2. The fraction of sp³-hybridized carbons (Fsp3) is 0.667. The second kappa shape index (κ2) is 7.00. The van der Waals surface area contributed by atoms with Gasteiger partial charge in [0.15, 0.2) is 0 Å². The van der Waals surface area contributed by atoms with Crippen LogP contribution < -0.4 is 10.6 Å². The van der Waals surface area contributed by atoms with Crippen LogP contribution in [0.4, 0.5) is 10.5 Å². The van der Waals surface area contributed by atoms with E-state index >= 15 is 0 Å². The molecule has 3 N–H and O–H groups in total. The van der Waals surface area contributed by atoms with Gasteiger partial charge in [-0.15, -0.1) is 0 Å². The maximum Gasteiger partial charge on any atom is 0.319 e. The number of aliphatic hydroxyl groups is 1. The lowest BCUT2D eigenvalue weighted by Gasteiger charge is -2.11. The first-order valence-corrected chi connectivity index (χ1v) is 6.29. The Hall–Kier alpha value is -1.56. The number of hydrogen-bond donors (Lipinski definition) is 3.